The molecule has 2 fully saturated rings. The van der Waals surface area contributed by atoms with Crippen LogP contribution < -0.4 is 0 Å². The minimum atomic E-state index is -0.250. The second kappa shape index (κ2) is 10.5. The number of halogens is 1. The third-order valence-corrected chi connectivity index (χ3v) is 6.05. The van der Waals surface area contributed by atoms with E-state index in [1.807, 2.05) is 23.5 Å². The summed E-state index contributed by atoms with van der Waals surface area (Å²) < 4.78 is 21.1. The van der Waals surface area contributed by atoms with Crippen molar-refractivity contribution in [2.75, 3.05) is 33.4 Å². The lowest BCUT2D eigenvalue weighted by Crippen LogP contribution is -2.34. The van der Waals surface area contributed by atoms with Crippen LogP contribution in [0.15, 0.2) is 36.8 Å². The molecule has 31 heavy (non-hydrogen) atoms. The molecule has 0 unspecified atom stereocenters. The van der Waals surface area contributed by atoms with Crippen molar-refractivity contribution in [1.82, 2.24) is 19.4 Å². The summed E-state index contributed by atoms with van der Waals surface area (Å²) in [5, 5.41) is 6.89. The van der Waals surface area contributed by atoms with Gasteiger partial charge in [0.1, 0.15) is 5.82 Å². The van der Waals surface area contributed by atoms with Gasteiger partial charge < -0.3 is 19.3 Å². The molecule has 8 nitrogen and oxygen atoms in total. The van der Waals surface area contributed by atoms with Crippen LogP contribution in [0.2, 0.25) is 0 Å². The lowest BCUT2D eigenvalue weighted by molar-refractivity contribution is -0.130. The van der Waals surface area contributed by atoms with Gasteiger partial charge in [-0.2, -0.15) is 0 Å². The number of likely N-dealkylation sites (tertiary alicyclic amines) is 2. The van der Waals surface area contributed by atoms with Crippen molar-refractivity contribution >= 4 is 12.4 Å². The Morgan fingerprint density at radius 2 is 2.13 bits per heavy atom. The van der Waals surface area contributed by atoms with Crippen molar-refractivity contribution < 1.29 is 23.8 Å². The Hall–Kier alpha value is -2.78. The van der Waals surface area contributed by atoms with E-state index in [2.05, 4.69) is 14.5 Å². The topological polar surface area (TPSA) is 87.9 Å². The number of imidazole rings is 1. The van der Waals surface area contributed by atoms with Gasteiger partial charge >= 0.3 is 0 Å². The van der Waals surface area contributed by atoms with Gasteiger partial charge in [0.25, 0.3) is 6.47 Å². The molecule has 1 aromatic heterocycles. The average molecular weight is 432 g/mol. The van der Waals surface area contributed by atoms with Crippen molar-refractivity contribution in [1.29, 1.82) is 0 Å². The molecule has 2 aliphatic rings. The first-order valence-corrected chi connectivity index (χ1v) is 10.3. The molecule has 2 aliphatic heterocycles. The number of fused-ring (bicyclic) bond motifs is 1. The number of rotatable bonds is 6. The molecule has 168 valence electrons. The number of nitrogens with zero attached hydrogens (tertiary/aromatic N) is 4. The lowest BCUT2D eigenvalue weighted by Gasteiger charge is -2.29. The maximum absolute atomic E-state index is 13.8. The maximum atomic E-state index is 13.8. The number of methoxy groups -OCH3 is 1. The number of carboxylic acid groups (broad SMARTS) is 1. The molecule has 4 rings (SSSR count). The molecule has 9 heteroatoms. The first-order valence-electron chi connectivity index (χ1n) is 10.3. The van der Waals surface area contributed by atoms with E-state index in [-0.39, 0.29) is 24.2 Å². The molecule has 0 radical (unpaired) electrons. The Labute approximate surface area is 181 Å². The van der Waals surface area contributed by atoms with Gasteiger partial charge in [-0.25, -0.2) is 9.37 Å². The Bertz CT molecular complexity index is 890. The average Bonchev–Trinajstić information content (AvgIpc) is 3.41. The first kappa shape index (κ1) is 22.9. The number of carbonyl (C=O) groups is 2. The Morgan fingerprint density at radius 3 is 2.81 bits per heavy atom. The highest BCUT2D eigenvalue weighted by Crippen LogP contribution is 2.45. The van der Waals surface area contributed by atoms with Crippen LogP contribution in [0.3, 0.4) is 0 Å². The largest absolute Gasteiger partial charge is 0.483 e. The Balaban J connectivity index is 0.000000858. The fourth-order valence-corrected chi connectivity index (χ4v) is 4.81. The monoisotopic (exact) mass is 432 g/mol. The van der Waals surface area contributed by atoms with Gasteiger partial charge in [-0.15, -0.1) is 0 Å². The summed E-state index contributed by atoms with van der Waals surface area (Å²) >= 11 is 0. The number of carbonyl (C=O) groups excluding carboxylic acids is 1. The fourth-order valence-electron chi connectivity index (χ4n) is 4.81. The summed E-state index contributed by atoms with van der Waals surface area (Å²) in [4.78, 5) is 29.2. The van der Waals surface area contributed by atoms with Gasteiger partial charge in [0, 0.05) is 58.9 Å². The van der Waals surface area contributed by atoms with Crippen LogP contribution in [0, 0.1) is 17.7 Å². The van der Waals surface area contributed by atoms with E-state index in [1.165, 1.54) is 11.8 Å². The number of hydrogen-bond donors (Lipinski definition) is 1. The molecule has 2 aromatic rings. The van der Waals surface area contributed by atoms with Crippen LogP contribution in [0.5, 0.6) is 0 Å². The molecule has 2 saturated heterocycles. The quantitative estimate of drug-likeness (QED) is 0.703. The van der Waals surface area contributed by atoms with Crippen molar-refractivity contribution in [2.45, 2.75) is 26.1 Å². The van der Waals surface area contributed by atoms with Crippen LogP contribution in [0.4, 0.5) is 4.39 Å². The minimum absolute atomic E-state index is 0.0541. The summed E-state index contributed by atoms with van der Waals surface area (Å²) in [6, 6.07) is 6.65. The van der Waals surface area contributed by atoms with E-state index in [9.17, 15) is 9.18 Å². The number of benzene rings is 1. The molecule has 0 aliphatic carbocycles. The molecule has 1 N–H and O–H groups in total. The Morgan fingerprint density at radius 1 is 1.35 bits per heavy atom. The van der Waals surface area contributed by atoms with Crippen LogP contribution in [0.25, 0.3) is 0 Å². The van der Waals surface area contributed by atoms with E-state index in [0.717, 1.165) is 38.3 Å². The third-order valence-electron chi connectivity index (χ3n) is 6.05. The molecule has 1 aromatic carbocycles. The highest BCUT2D eigenvalue weighted by molar-refractivity contribution is 5.74. The fraction of sp³-hybridized carbons (Fsp3) is 0.500. The number of hydrogen-bond acceptors (Lipinski definition) is 5. The SMILES string of the molecule is COCCn1cncc1CN1C[C@@H]2CN(C(C)=O)[C@@H](c3cccc(F)c3)[C@@H]2C1.O=CO. The molecule has 0 spiro atoms. The highest BCUT2D eigenvalue weighted by Gasteiger charge is 2.48. The summed E-state index contributed by atoms with van der Waals surface area (Å²) in [5.74, 6) is 0.544. The predicted molar refractivity (Wildman–Crippen MR) is 112 cm³/mol. The van der Waals surface area contributed by atoms with E-state index >= 15 is 0 Å². The van der Waals surface area contributed by atoms with Gasteiger partial charge in [0.05, 0.1) is 24.7 Å². The van der Waals surface area contributed by atoms with Gasteiger partial charge in [-0.1, -0.05) is 12.1 Å². The predicted octanol–water partition coefficient (Wildman–Crippen LogP) is 2.02. The smallest absolute Gasteiger partial charge is 0.290 e. The van der Waals surface area contributed by atoms with Crippen LogP contribution in [-0.4, -0.2) is 70.2 Å². The molecule has 0 bridgehead atoms. The summed E-state index contributed by atoms with van der Waals surface area (Å²) in [6.45, 7) is 6.20. The maximum Gasteiger partial charge on any atom is 0.290 e. The molecule has 0 saturated carbocycles. The zero-order chi connectivity index (χ0) is 22.4. The Kier molecular flexibility index (Phi) is 7.75. The van der Waals surface area contributed by atoms with Gasteiger partial charge in [0.15, 0.2) is 0 Å². The molecule has 3 atom stereocenters. The zero-order valence-corrected chi connectivity index (χ0v) is 17.9. The molecular weight excluding hydrogens is 403 g/mol. The lowest BCUT2D eigenvalue weighted by atomic mass is 9.89. The normalized spacial score (nSPS) is 22.7. The van der Waals surface area contributed by atoms with Crippen LogP contribution >= 0.6 is 0 Å². The summed E-state index contributed by atoms with van der Waals surface area (Å²) in [5.41, 5.74) is 2.07. The van der Waals surface area contributed by atoms with E-state index in [0.29, 0.717) is 18.4 Å². The van der Waals surface area contributed by atoms with Crippen molar-refractivity contribution in [3.8, 4) is 0 Å². The van der Waals surface area contributed by atoms with E-state index in [1.54, 1.807) is 26.2 Å². The van der Waals surface area contributed by atoms with Crippen LogP contribution in [-0.2, 0) is 27.4 Å². The van der Waals surface area contributed by atoms with Crippen molar-refractivity contribution in [3.63, 3.8) is 0 Å². The first-order chi connectivity index (χ1) is 15.0. The second-order valence-corrected chi connectivity index (χ2v) is 7.97. The van der Waals surface area contributed by atoms with E-state index in [4.69, 9.17) is 14.6 Å². The number of amides is 1. The molecule has 1 amide bonds. The highest BCUT2D eigenvalue weighted by atomic mass is 19.1. The van der Waals surface area contributed by atoms with Gasteiger partial charge in [0.2, 0.25) is 5.91 Å². The minimum Gasteiger partial charge on any atom is -0.483 e. The molecule has 3 heterocycles. The van der Waals surface area contributed by atoms with Crippen molar-refractivity contribution in [2.24, 2.45) is 11.8 Å². The van der Waals surface area contributed by atoms with E-state index < -0.39 is 0 Å². The summed E-state index contributed by atoms with van der Waals surface area (Å²) in [7, 11) is 1.70. The third kappa shape index (κ3) is 5.29. The van der Waals surface area contributed by atoms with Gasteiger partial charge in [-0.05, 0) is 23.6 Å². The van der Waals surface area contributed by atoms with Gasteiger partial charge in [-0.3, -0.25) is 14.5 Å². The number of aromatic nitrogens is 2. The number of ether oxygens (including phenoxy) is 1. The van der Waals surface area contributed by atoms with Crippen molar-refractivity contribution in [3.05, 3.63) is 53.9 Å². The standard InChI is InChI=1S/C21H27FN4O2.CH2O2/c1-15(27)26-11-17-10-24(12-19-9-23-14-25(19)6-7-28-2)13-20(17)21(26)16-4-3-5-18(22)8-16;2-1-3/h3-5,8-9,14,17,20-21H,6-7,10-13H2,1-2H3;1H,(H,2,3)/t17-,20-,21+;/m1./s1. The summed E-state index contributed by atoms with van der Waals surface area (Å²) in [6.07, 6.45) is 3.76. The van der Waals surface area contributed by atoms with Crippen LogP contribution in [0.1, 0.15) is 24.2 Å². The molecular formula is C22H29FN4O4. The second-order valence-electron chi connectivity index (χ2n) is 7.97. The zero-order valence-electron chi connectivity index (χ0n) is 17.9.